The molecular formula is C25H22ClN7O5S. The number of nitro benzene ring substituents is 1. The summed E-state index contributed by atoms with van der Waals surface area (Å²) in [5.41, 5.74) is 2.96. The summed E-state index contributed by atoms with van der Waals surface area (Å²) in [5, 5.41) is 26.4. The second-order valence-electron chi connectivity index (χ2n) is 8.48. The van der Waals surface area contributed by atoms with Gasteiger partial charge in [-0.15, -0.1) is 10.2 Å². The maximum absolute atomic E-state index is 13.2. The van der Waals surface area contributed by atoms with Gasteiger partial charge in [0.15, 0.2) is 5.11 Å². The molecule has 2 N–H and O–H groups in total. The Balaban J connectivity index is 1.33. The predicted molar refractivity (Wildman–Crippen MR) is 150 cm³/mol. The van der Waals surface area contributed by atoms with Crippen molar-refractivity contribution >= 4 is 62.9 Å². The standard InChI is InChI=1S/C25H22ClN7O5S/c1-37-23-7-4-16(14-19(23)26)32-29-20-5-2-15(12-21(20)30-32)27-25(39)28-24(34)18-13-17(33(35)36)3-6-22(18)31-8-10-38-11-9-31/h2-7,12-14H,8-11H2,1H3,(H2,27,28,34,39). The first-order chi connectivity index (χ1) is 18.8. The Kier molecular flexibility index (Phi) is 7.54. The van der Waals surface area contributed by atoms with E-state index in [4.69, 9.17) is 33.3 Å². The zero-order valence-corrected chi connectivity index (χ0v) is 22.2. The van der Waals surface area contributed by atoms with E-state index in [2.05, 4.69) is 20.8 Å². The van der Waals surface area contributed by atoms with Gasteiger partial charge in [-0.1, -0.05) is 11.6 Å². The van der Waals surface area contributed by atoms with Gasteiger partial charge in [-0.2, -0.15) is 4.80 Å². The van der Waals surface area contributed by atoms with E-state index < -0.39 is 10.8 Å². The summed E-state index contributed by atoms with van der Waals surface area (Å²) < 4.78 is 10.6. The summed E-state index contributed by atoms with van der Waals surface area (Å²) in [6.07, 6.45) is 0. The number of amides is 1. The number of hydrogen-bond donors (Lipinski definition) is 2. The normalized spacial score (nSPS) is 13.2. The van der Waals surface area contributed by atoms with Gasteiger partial charge in [0.05, 0.1) is 47.2 Å². The summed E-state index contributed by atoms with van der Waals surface area (Å²) in [6.45, 7) is 2.11. The van der Waals surface area contributed by atoms with Crippen LogP contribution in [0.2, 0.25) is 5.02 Å². The number of carbonyl (C=O) groups is 1. The number of non-ortho nitro benzene ring substituents is 1. The van der Waals surface area contributed by atoms with E-state index in [1.807, 2.05) is 4.90 Å². The molecule has 1 aliphatic rings. The van der Waals surface area contributed by atoms with E-state index in [0.29, 0.717) is 65.2 Å². The van der Waals surface area contributed by atoms with Crippen LogP contribution in [0.25, 0.3) is 16.7 Å². The Labute approximate surface area is 232 Å². The van der Waals surface area contributed by atoms with Crippen molar-refractivity contribution in [3.05, 3.63) is 75.3 Å². The number of anilines is 2. The van der Waals surface area contributed by atoms with Crippen molar-refractivity contribution in [2.75, 3.05) is 43.6 Å². The van der Waals surface area contributed by atoms with Gasteiger partial charge in [0.1, 0.15) is 16.8 Å². The highest BCUT2D eigenvalue weighted by Gasteiger charge is 2.23. The minimum Gasteiger partial charge on any atom is -0.495 e. The third kappa shape index (κ3) is 5.74. The molecule has 1 amide bonds. The third-order valence-electron chi connectivity index (χ3n) is 6.02. The Hall–Kier alpha value is -4.33. The number of morpholine rings is 1. The maximum atomic E-state index is 13.2. The van der Waals surface area contributed by atoms with Crippen molar-refractivity contribution in [3.8, 4) is 11.4 Å². The zero-order chi connectivity index (χ0) is 27.5. The summed E-state index contributed by atoms with van der Waals surface area (Å²) in [6, 6.07) is 14.6. The van der Waals surface area contributed by atoms with Crippen molar-refractivity contribution < 1.29 is 19.2 Å². The van der Waals surface area contributed by atoms with Crippen LogP contribution >= 0.6 is 23.8 Å². The molecule has 1 aliphatic heterocycles. The molecule has 0 aliphatic carbocycles. The SMILES string of the molecule is COc1ccc(-n2nc3ccc(NC(=S)NC(=O)c4cc([N+](=O)[O-])ccc4N4CCOCC4)cc3n2)cc1Cl. The molecule has 0 atom stereocenters. The number of nitro groups is 1. The van der Waals surface area contributed by atoms with Crippen LogP contribution in [0.4, 0.5) is 17.1 Å². The van der Waals surface area contributed by atoms with Gasteiger partial charge in [-0.05, 0) is 54.7 Å². The van der Waals surface area contributed by atoms with Gasteiger partial charge >= 0.3 is 0 Å². The molecule has 4 aromatic rings. The van der Waals surface area contributed by atoms with Crippen LogP contribution < -0.4 is 20.3 Å². The van der Waals surface area contributed by atoms with Gasteiger partial charge in [0.25, 0.3) is 11.6 Å². The van der Waals surface area contributed by atoms with E-state index in [1.165, 1.54) is 24.0 Å². The first-order valence-corrected chi connectivity index (χ1v) is 12.6. The minimum absolute atomic E-state index is 0.0214. The lowest BCUT2D eigenvalue weighted by molar-refractivity contribution is -0.384. The summed E-state index contributed by atoms with van der Waals surface area (Å²) in [4.78, 5) is 27.4. The number of nitrogens with one attached hydrogen (secondary N) is 2. The number of rotatable bonds is 6. The topological polar surface area (TPSA) is 137 Å². The Bertz CT molecular complexity index is 1590. The number of hydrogen-bond acceptors (Lipinski definition) is 9. The molecule has 1 saturated heterocycles. The number of carbonyl (C=O) groups excluding carboxylic acids is 1. The second-order valence-corrected chi connectivity index (χ2v) is 9.29. The fourth-order valence-corrected chi connectivity index (χ4v) is 4.58. The summed E-state index contributed by atoms with van der Waals surface area (Å²) in [7, 11) is 1.54. The number of thiocarbonyl (C=S) groups is 1. The monoisotopic (exact) mass is 567 g/mol. The molecule has 12 nitrogen and oxygen atoms in total. The van der Waals surface area contributed by atoms with Crippen LogP contribution in [-0.2, 0) is 4.74 Å². The smallest absolute Gasteiger partial charge is 0.270 e. The lowest BCUT2D eigenvalue weighted by atomic mass is 10.1. The molecule has 0 spiro atoms. The van der Waals surface area contributed by atoms with Crippen molar-refractivity contribution in [1.82, 2.24) is 20.3 Å². The van der Waals surface area contributed by atoms with Crippen molar-refractivity contribution in [2.24, 2.45) is 0 Å². The number of methoxy groups -OCH3 is 1. The molecule has 1 fully saturated rings. The van der Waals surface area contributed by atoms with Crippen molar-refractivity contribution in [1.29, 1.82) is 0 Å². The highest BCUT2D eigenvalue weighted by atomic mass is 35.5. The first kappa shape index (κ1) is 26.3. The van der Waals surface area contributed by atoms with Crippen LogP contribution in [-0.4, -0.2) is 64.3 Å². The van der Waals surface area contributed by atoms with Crippen molar-refractivity contribution in [3.63, 3.8) is 0 Å². The lowest BCUT2D eigenvalue weighted by Gasteiger charge is -2.30. The Morgan fingerprint density at radius 1 is 1.10 bits per heavy atom. The number of halogens is 1. The number of ether oxygens (including phenoxy) is 2. The number of aromatic nitrogens is 3. The molecule has 1 aromatic heterocycles. The quantitative estimate of drug-likeness (QED) is 0.200. The zero-order valence-electron chi connectivity index (χ0n) is 20.6. The van der Waals surface area contributed by atoms with Crippen LogP contribution in [0.1, 0.15) is 10.4 Å². The minimum atomic E-state index is -0.568. The summed E-state index contributed by atoms with van der Waals surface area (Å²) >= 11 is 11.6. The molecule has 0 saturated carbocycles. The molecular weight excluding hydrogens is 546 g/mol. The molecule has 3 aromatic carbocycles. The summed E-state index contributed by atoms with van der Waals surface area (Å²) in [5.74, 6) is -0.0255. The predicted octanol–water partition coefficient (Wildman–Crippen LogP) is 3.95. The van der Waals surface area contributed by atoms with E-state index in [9.17, 15) is 14.9 Å². The van der Waals surface area contributed by atoms with Gasteiger partial charge in [0.2, 0.25) is 0 Å². The molecule has 39 heavy (non-hydrogen) atoms. The molecule has 0 unspecified atom stereocenters. The number of nitrogens with zero attached hydrogens (tertiary/aromatic N) is 5. The Morgan fingerprint density at radius 3 is 2.59 bits per heavy atom. The van der Waals surface area contributed by atoms with E-state index >= 15 is 0 Å². The molecule has 200 valence electrons. The maximum Gasteiger partial charge on any atom is 0.270 e. The number of benzene rings is 3. The van der Waals surface area contributed by atoms with Gasteiger partial charge < -0.3 is 19.7 Å². The van der Waals surface area contributed by atoms with Gasteiger partial charge in [-0.25, -0.2) is 0 Å². The molecule has 0 bridgehead atoms. The lowest BCUT2D eigenvalue weighted by Crippen LogP contribution is -2.39. The molecule has 14 heteroatoms. The highest BCUT2D eigenvalue weighted by Crippen LogP contribution is 2.28. The first-order valence-electron chi connectivity index (χ1n) is 11.8. The van der Waals surface area contributed by atoms with Crippen LogP contribution in [0.3, 0.4) is 0 Å². The van der Waals surface area contributed by atoms with Crippen LogP contribution in [0.15, 0.2) is 54.6 Å². The van der Waals surface area contributed by atoms with E-state index in [1.54, 1.807) is 42.5 Å². The average molecular weight is 568 g/mol. The molecule has 5 rings (SSSR count). The van der Waals surface area contributed by atoms with Crippen LogP contribution in [0, 0.1) is 10.1 Å². The molecule has 2 heterocycles. The highest BCUT2D eigenvalue weighted by molar-refractivity contribution is 7.80. The van der Waals surface area contributed by atoms with Crippen LogP contribution in [0.5, 0.6) is 5.75 Å². The number of fused-ring (bicyclic) bond motifs is 1. The fraction of sp³-hybridized carbons (Fsp3) is 0.200. The van der Waals surface area contributed by atoms with E-state index in [0.717, 1.165) is 0 Å². The van der Waals surface area contributed by atoms with Crippen molar-refractivity contribution in [2.45, 2.75) is 0 Å². The van der Waals surface area contributed by atoms with Gasteiger partial charge in [-0.3, -0.25) is 20.2 Å². The van der Waals surface area contributed by atoms with Gasteiger partial charge in [0, 0.05) is 30.9 Å². The molecule has 0 radical (unpaired) electrons. The average Bonchev–Trinajstić information content (AvgIpc) is 3.36. The Morgan fingerprint density at radius 2 is 1.87 bits per heavy atom. The second kappa shape index (κ2) is 11.2. The largest absolute Gasteiger partial charge is 0.495 e. The fourth-order valence-electron chi connectivity index (χ4n) is 4.12. The third-order valence-corrected chi connectivity index (χ3v) is 6.52. The van der Waals surface area contributed by atoms with E-state index in [-0.39, 0.29) is 16.4 Å².